The lowest BCUT2D eigenvalue weighted by Gasteiger charge is -1.96. The number of fused-ring (bicyclic) bond motifs is 2. The Morgan fingerprint density at radius 1 is 1.08 bits per heavy atom. The van der Waals surface area contributed by atoms with Crippen LogP contribution in [0.5, 0.6) is 0 Å². The van der Waals surface area contributed by atoms with Gasteiger partial charge in [-0.05, 0) is 17.3 Å². The van der Waals surface area contributed by atoms with E-state index in [9.17, 15) is 4.91 Å². The summed E-state index contributed by atoms with van der Waals surface area (Å²) in [7, 11) is 0. The van der Waals surface area contributed by atoms with Crippen molar-refractivity contribution >= 4 is 33.1 Å². The Morgan fingerprint density at radius 3 is 2.73 bits per heavy atom. The molecule has 0 aliphatic carbocycles. The van der Waals surface area contributed by atoms with E-state index in [1.807, 2.05) is 54.6 Å². The SMILES string of the molecule is O=Nc1c(-c2ccccc2)nc2sc(Cc3noc4ccccc34)nn12. The second kappa shape index (κ2) is 5.85. The van der Waals surface area contributed by atoms with E-state index in [1.54, 1.807) is 0 Å². The number of hydrogen-bond donors (Lipinski definition) is 0. The zero-order chi connectivity index (χ0) is 17.5. The van der Waals surface area contributed by atoms with E-state index in [0.717, 1.165) is 27.2 Å². The first-order valence-electron chi connectivity index (χ1n) is 7.94. The highest BCUT2D eigenvalue weighted by molar-refractivity contribution is 7.16. The summed E-state index contributed by atoms with van der Waals surface area (Å²) in [6.45, 7) is 0. The Hall–Kier alpha value is -3.39. The molecule has 5 aromatic rings. The van der Waals surface area contributed by atoms with Gasteiger partial charge in [0.2, 0.25) is 10.8 Å². The molecule has 0 atom stereocenters. The fraction of sp³-hybridized carbons (Fsp3) is 0.0556. The number of aromatic nitrogens is 4. The maximum Gasteiger partial charge on any atom is 0.227 e. The van der Waals surface area contributed by atoms with E-state index < -0.39 is 0 Å². The molecule has 2 aromatic carbocycles. The van der Waals surface area contributed by atoms with E-state index in [4.69, 9.17) is 4.52 Å². The van der Waals surface area contributed by atoms with E-state index in [1.165, 1.54) is 15.9 Å². The Kier molecular flexibility index (Phi) is 3.36. The van der Waals surface area contributed by atoms with Crippen LogP contribution in [-0.4, -0.2) is 19.8 Å². The smallest absolute Gasteiger partial charge is 0.227 e. The first-order chi connectivity index (χ1) is 12.8. The summed E-state index contributed by atoms with van der Waals surface area (Å²) in [4.78, 5) is 16.6. The minimum absolute atomic E-state index is 0.207. The summed E-state index contributed by atoms with van der Waals surface area (Å²) >= 11 is 1.41. The van der Waals surface area contributed by atoms with Crippen LogP contribution >= 0.6 is 11.3 Å². The van der Waals surface area contributed by atoms with Gasteiger partial charge in [0, 0.05) is 17.4 Å². The summed E-state index contributed by atoms with van der Waals surface area (Å²) in [5.41, 5.74) is 2.92. The first kappa shape index (κ1) is 14.9. The molecule has 26 heavy (non-hydrogen) atoms. The molecule has 0 saturated carbocycles. The highest BCUT2D eigenvalue weighted by Gasteiger charge is 2.19. The fourth-order valence-corrected chi connectivity index (χ4v) is 3.82. The number of nitrogens with zero attached hydrogens (tertiary/aromatic N) is 5. The topological polar surface area (TPSA) is 85.6 Å². The number of imidazole rings is 1. The summed E-state index contributed by atoms with van der Waals surface area (Å²) < 4.78 is 6.83. The second-order valence-corrected chi connectivity index (χ2v) is 6.77. The Bertz CT molecular complexity index is 1240. The molecule has 0 amide bonds. The van der Waals surface area contributed by atoms with Crippen LogP contribution < -0.4 is 0 Å². The van der Waals surface area contributed by atoms with Crippen LogP contribution in [0.25, 0.3) is 27.2 Å². The van der Waals surface area contributed by atoms with E-state index >= 15 is 0 Å². The molecule has 0 bridgehead atoms. The molecular formula is C18H11N5O2S. The van der Waals surface area contributed by atoms with Crippen molar-refractivity contribution in [2.24, 2.45) is 5.18 Å². The molecule has 0 unspecified atom stereocenters. The second-order valence-electron chi connectivity index (χ2n) is 5.73. The van der Waals surface area contributed by atoms with E-state index in [2.05, 4.69) is 20.4 Å². The van der Waals surface area contributed by atoms with Crippen molar-refractivity contribution in [3.05, 3.63) is 70.2 Å². The number of nitroso groups, excluding NO2 is 1. The highest BCUT2D eigenvalue weighted by atomic mass is 32.1. The van der Waals surface area contributed by atoms with Crippen molar-refractivity contribution in [3.8, 4) is 11.3 Å². The Morgan fingerprint density at radius 2 is 1.88 bits per heavy atom. The van der Waals surface area contributed by atoms with Crippen LogP contribution in [-0.2, 0) is 6.42 Å². The van der Waals surface area contributed by atoms with Gasteiger partial charge in [-0.15, -0.1) is 4.91 Å². The van der Waals surface area contributed by atoms with Crippen molar-refractivity contribution in [1.82, 2.24) is 19.8 Å². The molecule has 7 nitrogen and oxygen atoms in total. The molecule has 0 aliphatic heterocycles. The van der Waals surface area contributed by atoms with Gasteiger partial charge in [-0.3, -0.25) is 0 Å². The molecule has 3 aromatic heterocycles. The van der Waals surface area contributed by atoms with Crippen LogP contribution in [0.4, 0.5) is 5.82 Å². The fourth-order valence-electron chi connectivity index (χ4n) is 2.93. The average molecular weight is 361 g/mol. The van der Waals surface area contributed by atoms with Gasteiger partial charge in [-0.25, -0.2) is 4.98 Å². The molecule has 0 aliphatic rings. The molecule has 5 rings (SSSR count). The molecule has 0 spiro atoms. The predicted octanol–water partition coefficient (Wildman–Crippen LogP) is 4.59. The predicted molar refractivity (Wildman–Crippen MR) is 98.6 cm³/mol. The van der Waals surface area contributed by atoms with Gasteiger partial charge in [0.05, 0.1) is 5.69 Å². The number of rotatable bonds is 4. The monoisotopic (exact) mass is 361 g/mol. The summed E-state index contributed by atoms with van der Waals surface area (Å²) in [6.07, 6.45) is 0.504. The van der Waals surface area contributed by atoms with Crippen LogP contribution in [0.2, 0.25) is 0 Å². The molecule has 126 valence electrons. The molecule has 3 heterocycles. The number of benzene rings is 2. The Labute approximate surface area is 150 Å². The first-order valence-corrected chi connectivity index (χ1v) is 8.75. The van der Waals surface area contributed by atoms with Gasteiger partial charge >= 0.3 is 0 Å². The molecule has 0 saturated heterocycles. The van der Waals surface area contributed by atoms with Gasteiger partial charge in [-0.2, -0.15) is 9.61 Å². The minimum atomic E-state index is 0.207. The quantitative estimate of drug-likeness (QED) is 0.437. The lowest BCUT2D eigenvalue weighted by atomic mass is 10.1. The van der Waals surface area contributed by atoms with Crippen molar-refractivity contribution in [3.63, 3.8) is 0 Å². The van der Waals surface area contributed by atoms with Gasteiger partial charge in [0.1, 0.15) is 10.7 Å². The lowest BCUT2D eigenvalue weighted by Crippen LogP contribution is -1.91. The molecule has 0 N–H and O–H groups in total. The van der Waals surface area contributed by atoms with Gasteiger partial charge < -0.3 is 4.52 Å². The van der Waals surface area contributed by atoms with Gasteiger partial charge in [-0.1, -0.05) is 59.0 Å². The minimum Gasteiger partial charge on any atom is -0.356 e. The standard InChI is InChI=1S/C18H11N5O2S/c24-21-17-16(11-6-2-1-3-7-11)19-18-23(17)20-15(26-18)10-13-12-8-4-5-9-14(12)25-22-13/h1-9H,10H2. The zero-order valence-corrected chi connectivity index (χ0v) is 14.2. The van der Waals surface area contributed by atoms with E-state index in [-0.39, 0.29) is 5.82 Å². The van der Waals surface area contributed by atoms with Crippen LogP contribution in [0.15, 0.2) is 64.3 Å². The maximum atomic E-state index is 11.4. The van der Waals surface area contributed by atoms with Crippen LogP contribution in [0, 0.1) is 4.91 Å². The molecule has 0 fully saturated rings. The number of para-hydroxylation sites is 1. The lowest BCUT2D eigenvalue weighted by molar-refractivity contribution is 0.448. The Balaban J connectivity index is 1.57. The number of hydrogen-bond acceptors (Lipinski definition) is 7. The van der Waals surface area contributed by atoms with Crippen molar-refractivity contribution in [2.75, 3.05) is 0 Å². The van der Waals surface area contributed by atoms with Crippen molar-refractivity contribution < 1.29 is 4.52 Å². The summed E-state index contributed by atoms with van der Waals surface area (Å²) in [5, 5.41) is 13.5. The molecule has 8 heteroatoms. The molecule has 0 radical (unpaired) electrons. The third-order valence-corrected chi connectivity index (χ3v) is 5.03. The third kappa shape index (κ3) is 2.31. The van der Waals surface area contributed by atoms with Crippen LogP contribution in [0.1, 0.15) is 10.7 Å². The summed E-state index contributed by atoms with van der Waals surface area (Å²) in [5.74, 6) is 0.207. The largest absolute Gasteiger partial charge is 0.356 e. The van der Waals surface area contributed by atoms with Crippen molar-refractivity contribution in [2.45, 2.75) is 6.42 Å². The maximum absolute atomic E-state index is 11.4. The molecular weight excluding hydrogens is 350 g/mol. The third-order valence-electron chi connectivity index (χ3n) is 4.13. The van der Waals surface area contributed by atoms with Crippen molar-refractivity contribution in [1.29, 1.82) is 0 Å². The van der Waals surface area contributed by atoms with E-state index in [0.29, 0.717) is 17.1 Å². The zero-order valence-electron chi connectivity index (χ0n) is 13.4. The van der Waals surface area contributed by atoms with Crippen LogP contribution in [0.3, 0.4) is 0 Å². The normalized spacial score (nSPS) is 11.4. The van der Waals surface area contributed by atoms with Gasteiger partial charge in [0.25, 0.3) is 0 Å². The van der Waals surface area contributed by atoms with Gasteiger partial charge in [0.15, 0.2) is 5.58 Å². The average Bonchev–Trinajstić information content (AvgIpc) is 3.35. The summed E-state index contributed by atoms with van der Waals surface area (Å²) in [6, 6.07) is 17.2. The highest BCUT2D eigenvalue weighted by Crippen LogP contribution is 2.33.